The number of rotatable bonds is 7. The van der Waals surface area contributed by atoms with Gasteiger partial charge in [0, 0.05) is 31.3 Å². The number of likely N-dealkylation sites (N-methyl/N-ethyl adjacent to an activating group) is 2. The monoisotopic (exact) mass is 298 g/mol. The van der Waals surface area contributed by atoms with Gasteiger partial charge in [0.1, 0.15) is 0 Å². The van der Waals surface area contributed by atoms with Crippen LogP contribution < -0.4 is 5.32 Å². The number of halogens is 2. The first-order chi connectivity index (χ1) is 10.2. The van der Waals surface area contributed by atoms with Crippen LogP contribution in [0.5, 0.6) is 0 Å². The first-order valence-electron chi connectivity index (χ1n) is 7.60. The lowest BCUT2D eigenvalue weighted by Crippen LogP contribution is -2.38. The fourth-order valence-electron chi connectivity index (χ4n) is 2.80. The molecule has 0 saturated carbocycles. The van der Waals surface area contributed by atoms with E-state index in [1.54, 1.807) is 19.2 Å². The van der Waals surface area contributed by atoms with Crippen molar-refractivity contribution >= 4 is 0 Å². The Kier molecular flexibility index (Phi) is 6.08. The maximum Gasteiger partial charge on any atom is 0.163 e. The van der Waals surface area contributed by atoms with E-state index < -0.39 is 11.6 Å². The summed E-state index contributed by atoms with van der Waals surface area (Å²) in [5.41, 5.74) is 0.378. The first-order valence-corrected chi connectivity index (χ1v) is 7.60. The number of benzene rings is 1. The molecule has 1 aromatic rings. The normalized spacial score (nSPS) is 20.1. The van der Waals surface area contributed by atoms with Crippen LogP contribution in [0, 0.1) is 11.6 Å². The van der Waals surface area contributed by atoms with E-state index in [2.05, 4.69) is 17.1 Å². The van der Waals surface area contributed by atoms with Gasteiger partial charge in [-0.2, -0.15) is 0 Å². The number of nitrogens with one attached hydrogen (secondary N) is 1. The summed E-state index contributed by atoms with van der Waals surface area (Å²) in [7, 11) is 1.77. The lowest BCUT2D eigenvalue weighted by molar-refractivity contribution is 0.0716. The molecule has 118 valence electrons. The number of ether oxygens (including phenoxy) is 1. The topological polar surface area (TPSA) is 24.5 Å². The summed E-state index contributed by atoms with van der Waals surface area (Å²) in [6.45, 7) is 5.23. The van der Waals surface area contributed by atoms with Gasteiger partial charge in [-0.25, -0.2) is 8.78 Å². The first kappa shape index (κ1) is 16.3. The minimum atomic E-state index is -0.796. The van der Waals surface area contributed by atoms with Gasteiger partial charge in [0.05, 0.1) is 6.10 Å². The van der Waals surface area contributed by atoms with E-state index in [0.717, 1.165) is 38.6 Å². The molecule has 1 saturated heterocycles. The van der Waals surface area contributed by atoms with Gasteiger partial charge in [0.15, 0.2) is 11.6 Å². The molecule has 2 rings (SSSR count). The van der Waals surface area contributed by atoms with Crippen LogP contribution in [0.15, 0.2) is 18.2 Å². The second kappa shape index (κ2) is 7.82. The zero-order chi connectivity index (χ0) is 15.2. The van der Waals surface area contributed by atoms with Crippen molar-refractivity contribution in [2.24, 2.45) is 0 Å². The highest BCUT2D eigenvalue weighted by atomic mass is 19.2. The summed E-state index contributed by atoms with van der Waals surface area (Å²) in [6.07, 6.45) is 2.45. The molecule has 1 N–H and O–H groups in total. The van der Waals surface area contributed by atoms with Crippen LogP contribution in [-0.4, -0.2) is 44.3 Å². The van der Waals surface area contributed by atoms with Crippen molar-refractivity contribution in [3.8, 4) is 0 Å². The molecule has 0 bridgehead atoms. The third-order valence-electron chi connectivity index (χ3n) is 4.08. The third kappa shape index (κ3) is 4.22. The van der Waals surface area contributed by atoms with E-state index in [-0.39, 0.29) is 12.1 Å². The average molecular weight is 298 g/mol. The standard InChI is InChI=1S/C16H24F2N2O/c1-3-20(10-12-6-5-9-21-12)11-15(19-2)13-7-4-8-14(17)16(13)18/h4,7-8,12,15,19H,3,5-6,9-11H2,1-2H3. The molecule has 1 aromatic carbocycles. The molecule has 1 fully saturated rings. The largest absolute Gasteiger partial charge is 0.377 e. The Morgan fingerprint density at radius 2 is 2.24 bits per heavy atom. The zero-order valence-corrected chi connectivity index (χ0v) is 12.7. The van der Waals surface area contributed by atoms with Crippen molar-refractivity contribution < 1.29 is 13.5 Å². The Morgan fingerprint density at radius 1 is 1.43 bits per heavy atom. The molecule has 3 nitrogen and oxygen atoms in total. The van der Waals surface area contributed by atoms with Crippen LogP contribution in [0.4, 0.5) is 8.78 Å². The highest BCUT2D eigenvalue weighted by Gasteiger charge is 2.23. The Hall–Kier alpha value is -1.04. The molecule has 1 aliphatic rings. The van der Waals surface area contributed by atoms with E-state index in [1.807, 2.05) is 0 Å². The average Bonchev–Trinajstić information content (AvgIpc) is 2.99. The molecule has 1 heterocycles. The molecule has 0 aliphatic carbocycles. The fourth-order valence-corrected chi connectivity index (χ4v) is 2.80. The Labute approximate surface area is 125 Å². The van der Waals surface area contributed by atoms with E-state index in [1.165, 1.54) is 0 Å². The van der Waals surface area contributed by atoms with Crippen LogP contribution in [0.25, 0.3) is 0 Å². The Morgan fingerprint density at radius 3 is 2.86 bits per heavy atom. The smallest absolute Gasteiger partial charge is 0.163 e. The number of nitrogens with zero attached hydrogens (tertiary/aromatic N) is 1. The Balaban J connectivity index is 2.03. The predicted molar refractivity (Wildman–Crippen MR) is 79.2 cm³/mol. The summed E-state index contributed by atoms with van der Waals surface area (Å²) in [4.78, 5) is 2.22. The molecule has 5 heteroatoms. The SMILES string of the molecule is CCN(CC1CCCO1)CC(NC)c1cccc(F)c1F. The van der Waals surface area contributed by atoms with Gasteiger partial charge < -0.3 is 10.1 Å². The molecular weight excluding hydrogens is 274 g/mol. The summed E-state index contributed by atoms with van der Waals surface area (Å²) < 4.78 is 33.0. The van der Waals surface area contributed by atoms with E-state index in [9.17, 15) is 8.78 Å². The van der Waals surface area contributed by atoms with Crippen LogP contribution in [-0.2, 0) is 4.74 Å². The molecule has 2 unspecified atom stereocenters. The molecule has 0 radical (unpaired) electrons. The van der Waals surface area contributed by atoms with Crippen LogP contribution in [0.2, 0.25) is 0 Å². The summed E-state index contributed by atoms with van der Waals surface area (Å²) in [5.74, 6) is -1.56. The van der Waals surface area contributed by atoms with Gasteiger partial charge in [0.25, 0.3) is 0 Å². The van der Waals surface area contributed by atoms with Crippen LogP contribution in [0.3, 0.4) is 0 Å². The minimum absolute atomic E-state index is 0.234. The van der Waals surface area contributed by atoms with Crippen LogP contribution >= 0.6 is 0 Å². The lowest BCUT2D eigenvalue weighted by atomic mass is 10.0. The zero-order valence-electron chi connectivity index (χ0n) is 12.7. The quantitative estimate of drug-likeness (QED) is 0.837. The second-order valence-corrected chi connectivity index (χ2v) is 5.47. The summed E-state index contributed by atoms with van der Waals surface area (Å²) in [6, 6.07) is 4.10. The molecule has 2 atom stereocenters. The van der Waals surface area contributed by atoms with Crippen molar-refractivity contribution in [2.75, 3.05) is 33.3 Å². The lowest BCUT2D eigenvalue weighted by Gasteiger charge is -2.28. The molecule has 1 aliphatic heterocycles. The third-order valence-corrected chi connectivity index (χ3v) is 4.08. The minimum Gasteiger partial charge on any atom is -0.377 e. The van der Waals surface area contributed by atoms with Crippen molar-refractivity contribution in [3.63, 3.8) is 0 Å². The molecule has 21 heavy (non-hydrogen) atoms. The molecule has 0 amide bonds. The van der Waals surface area contributed by atoms with E-state index >= 15 is 0 Å². The molecular formula is C16H24F2N2O. The predicted octanol–water partition coefficient (Wildman–Crippen LogP) is 2.73. The van der Waals surface area contributed by atoms with Crippen LogP contribution in [0.1, 0.15) is 31.4 Å². The van der Waals surface area contributed by atoms with Crippen molar-refractivity contribution in [1.82, 2.24) is 10.2 Å². The van der Waals surface area contributed by atoms with Gasteiger partial charge >= 0.3 is 0 Å². The number of hydrogen-bond acceptors (Lipinski definition) is 3. The van der Waals surface area contributed by atoms with Gasteiger partial charge in [-0.1, -0.05) is 19.1 Å². The maximum absolute atomic E-state index is 13.9. The second-order valence-electron chi connectivity index (χ2n) is 5.47. The summed E-state index contributed by atoms with van der Waals surface area (Å²) >= 11 is 0. The highest BCUT2D eigenvalue weighted by Crippen LogP contribution is 2.21. The van der Waals surface area contributed by atoms with Gasteiger partial charge in [-0.3, -0.25) is 4.90 Å². The molecule has 0 aromatic heterocycles. The van der Waals surface area contributed by atoms with Gasteiger partial charge in [-0.05, 0) is 32.5 Å². The molecule has 0 spiro atoms. The van der Waals surface area contributed by atoms with E-state index in [4.69, 9.17) is 4.74 Å². The fraction of sp³-hybridized carbons (Fsp3) is 0.625. The Bertz CT molecular complexity index is 450. The number of hydrogen-bond donors (Lipinski definition) is 1. The van der Waals surface area contributed by atoms with Crippen molar-refractivity contribution in [3.05, 3.63) is 35.4 Å². The van der Waals surface area contributed by atoms with Crippen molar-refractivity contribution in [1.29, 1.82) is 0 Å². The van der Waals surface area contributed by atoms with E-state index in [0.29, 0.717) is 12.1 Å². The van der Waals surface area contributed by atoms with Crippen molar-refractivity contribution in [2.45, 2.75) is 31.9 Å². The summed E-state index contributed by atoms with van der Waals surface area (Å²) in [5, 5.41) is 3.09. The maximum atomic E-state index is 13.9. The van der Waals surface area contributed by atoms with Gasteiger partial charge in [-0.15, -0.1) is 0 Å². The highest BCUT2D eigenvalue weighted by molar-refractivity contribution is 5.22. The van der Waals surface area contributed by atoms with Gasteiger partial charge in [0.2, 0.25) is 0 Å².